The molecule has 2 rings (SSSR count). The van der Waals surface area contributed by atoms with Crippen LogP contribution in [0.15, 0.2) is 34.4 Å². The molecule has 17 heavy (non-hydrogen) atoms. The average Bonchev–Trinajstić information content (AvgIpc) is 2.71. The fourth-order valence-electron chi connectivity index (χ4n) is 1.70. The highest BCUT2D eigenvalue weighted by Crippen LogP contribution is 2.27. The van der Waals surface area contributed by atoms with E-state index in [9.17, 15) is 0 Å². The third kappa shape index (κ3) is 3.13. The van der Waals surface area contributed by atoms with Crippen LogP contribution in [0, 0.1) is 6.92 Å². The molecule has 2 aromatic heterocycles. The Kier molecular flexibility index (Phi) is 4.28. The molecule has 0 saturated carbocycles. The van der Waals surface area contributed by atoms with E-state index < -0.39 is 0 Å². The molecule has 0 spiro atoms. The maximum Gasteiger partial charge on any atom is 0.0523 e. The predicted molar refractivity (Wildman–Crippen MR) is 74.8 cm³/mol. The second-order valence-corrected chi connectivity index (χ2v) is 5.77. The Morgan fingerprint density at radius 2 is 2.35 bits per heavy atom. The number of aryl methyl sites for hydroxylation is 1. The summed E-state index contributed by atoms with van der Waals surface area (Å²) in [6, 6.07) is 4.26. The first-order valence-electron chi connectivity index (χ1n) is 5.30. The number of halogens is 1. The van der Waals surface area contributed by atoms with E-state index in [0.717, 1.165) is 22.0 Å². The van der Waals surface area contributed by atoms with Gasteiger partial charge in [0.05, 0.1) is 6.04 Å². The van der Waals surface area contributed by atoms with E-state index >= 15 is 0 Å². The van der Waals surface area contributed by atoms with Gasteiger partial charge in [0, 0.05) is 28.2 Å². The number of thiophene rings is 1. The van der Waals surface area contributed by atoms with Crippen molar-refractivity contribution in [2.24, 2.45) is 5.84 Å². The van der Waals surface area contributed by atoms with Gasteiger partial charge in [0.1, 0.15) is 0 Å². The molecule has 0 radical (unpaired) electrons. The van der Waals surface area contributed by atoms with Crippen LogP contribution in [0.1, 0.15) is 22.0 Å². The summed E-state index contributed by atoms with van der Waals surface area (Å²) in [5.74, 6) is 5.63. The van der Waals surface area contributed by atoms with Crippen molar-refractivity contribution < 1.29 is 0 Å². The van der Waals surface area contributed by atoms with Crippen LogP contribution in [0.2, 0.25) is 0 Å². The normalized spacial score (nSPS) is 12.6. The summed E-state index contributed by atoms with van der Waals surface area (Å²) in [5.41, 5.74) is 5.12. The second kappa shape index (κ2) is 5.73. The van der Waals surface area contributed by atoms with E-state index in [-0.39, 0.29) is 6.04 Å². The Balaban J connectivity index is 2.20. The number of nitrogens with zero attached hydrogens (tertiary/aromatic N) is 1. The first-order chi connectivity index (χ1) is 8.20. The highest BCUT2D eigenvalue weighted by molar-refractivity contribution is 9.10. The summed E-state index contributed by atoms with van der Waals surface area (Å²) in [6.07, 6.45) is 4.57. The molecule has 1 unspecified atom stereocenters. The van der Waals surface area contributed by atoms with Gasteiger partial charge in [0.15, 0.2) is 0 Å². The minimum absolute atomic E-state index is 0.0948. The summed E-state index contributed by atoms with van der Waals surface area (Å²) < 4.78 is 1.14. The highest BCUT2D eigenvalue weighted by Gasteiger charge is 2.13. The molecule has 0 bridgehead atoms. The van der Waals surface area contributed by atoms with Crippen LogP contribution in [-0.2, 0) is 6.42 Å². The zero-order chi connectivity index (χ0) is 12.3. The molecule has 0 aliphatic rings. The van der Waals surface area contributed by atoms with E-state index in [1.165, 1.54) is 4.88 Å². The van der Waals surface area contributed by atoms with Gasteiger partial charge in [-0.2, -0.15) is 0 Å². The zero-order valence-corrected chi connectivity index (χ0v) is 11.9. The first kappa shape index (κ1) is 12.7. The topological polar surface area (TPSA) is 50.9 Å². The van der Waals surface area contributed by atoms with Crippen LogP contribution in [0.25, 0.3) is 0 Å². The van der Waals surface area contributed by atoms with Crippen molar-refractivity contribution in [2.45, 2.75) is 19.4 Å². The molecule has 0 aromatic carbocycles. The summed E-state index contributed by atoms with van der Waals surface area (Å²) >= 11 is 5.27. The van der Waals surface area contributed by atoms with Crippen LogP contribution in [-0.4, -0.2) is 4.98 Å². The SMILES string of the molecule is Cc1cncc(C(Cc2sccc2Br)NN)c1. The molecule has 3 N–H and O–H groups in total. The predicted octanol–water partition coefficient (Wildman–Crippen LogP) is 2.96. The number of hydrazine groups is 1. The van der Waals surface area contributed by atoms with Crippen molar-refractivity contribution in [3.63, 3.8) is 0 Å². The van der Waals surface area contributed by atoms with Crippen molar-refractivity contribution >= 4 is 27.3 Å². The van der Waals surface area contributed by atoms with Gasteiger partial charge in [0.25, 0.3) is 0 Å². The zero-order valence-electron chi connectivity index (χ0n) is 9.48. The van der Waals surface area contributed by atoms with Gasteiger partial charge in [-0.3, -0.25) is 16.3 Å². The van der Waals surface area contributed by atoms with Gasteiger partial charge in [0.2, 0.25) is 0 Å². The molecule has 0 saturated heterocycles. The molecule has 1 atom stereocenters. The van der Waals surface area contributed by atoms with Gasteiger partial charge >= 0.3 is 0 Å². The molecule has 2 aromatic rings. The minimum atomic E-state index is 0.0948. The van der Waals surface area contributed by atoms with Crippen LogP contribution in [0.4, 0.5) is 0 Å². The van der Waals surface area contributed by atoms with Crippen LogP contribution >= 0.6 is 27.3 Å². The highest BCUT2D eigenvalue weighted by atomic mass is 79.9. The van der Waals surface area contributed by atoms with Crippen molar-refractivity contribution in [1.82, 2.24) is 10.4 Å². The summed E-state index contributed by atoms with van der Waals surface area (Å²) in [4.78, 5) is 5.49. The number of hydrogen-bond acceptors (Lipinski definition) is 4. The van der Waals surface area contributed by atoms with Crippen molar-refractivity contribution in [2.75, 3.05) is 0 Å². The largest absolute Gasteiger partial charge is 0.271 e. The second-order valence-electron chi connectivity index (χ2n) is 3.91. The number of aromatic nitrogens is 1. The van der Waals surface area contributed by atoms with Crippen LogP contribution in [0.3, 0.4) is 0 Å². The Morgan fingerprint density at radius 3 is 2.94 bits per heavy atom. The molecular formula is C12H14BrN3S. The molecule has 3 nitrogen and oxygen atoms in total. The third-order valence-electron chi connectivity index (χ3n) is 2.58. The van der Waals surface area contributed by atoms with Crippen molar-refractivity contribution in [3.8, 4) is 0 Å². The number of pyridine rings is 1. The van der Waals surface area contributed by atoms with E-state index in [4.69, 9.17) is 5.84 Å². The lowest BCUT2D eigenvalue weighted by molar-refractivity contribution is 0.553. The fraction of sp³-hybridized carbons (Fsp3) is 0.250. The molecular weight excluding hydrogens is 298 g/mol. The Labute approximate surface area is 113 Å². The van der Waals surface area contributed by atoms with E-state index in [2.05, 4.69) is 43.9 Å². The summed E-state index contributed by atoms with van der Waals surface area (Å²) in [7, 11) is 0. The maximum atomic E-state index is 5.63. The maximum absolute atomic E-state index is 5.63. The number of rotatable bonds is 4. The smallest absolute Gasteiger partial charge is 0.0523 e. The third-order valence-corrected chi connectivity index (χ3v) is 4.53. The van der Waals surface area contributed by atoms with Crippen molar-refractivity contribution in [3.05, 3.63) is 50.4 Å². The van der Waals surface area contributed by atoms with Gasteiger partial charge in [-0.1, -0.05) is 6.07 Å². The number of nitrogens with two attached hydrogens (primary N) is 1. The van der Waals surface area contributed by atoms with E-state index in [0.29, 0.717) is 0 Å². The standard InChI is InChI=1S/C12H14BrN3S/c1-8-4-9(7-15-6-8)11(16-14)5-12-10(13)2-3-17-12/h2-4,6-7,11,16H,5,14H2,1H3. The summed E-state index contributed by atoms with van der Waals surface area (Å²) in [6.45, 7) is 2.03. The lowest BCUT2D eigenvalue weighted by atomic mass is 10.0. The number of hydrogen-bond donors (Lipinski definition) is 2. The quantitative estimate of drug-likeness (QED) is 0.674. The van der Waals surface area contributed by atoms with E-state index in [1.54, 1.807) is 11.3 Å². The van der Waals surface area contributed by atoms with Crippen LogP contribution < -0.4 is 11.3 Å². The first-order valence-corrected chi connectivity index (χ1v) is 6.97. The molecule has 0 aliphatic carbocycles. The molecule has 0 aliphatic heterocycles. The van der Waals surface area contributed by atoms with Gasteiger partial charge in [-0.15, -0.1) is 11.3 Å². The minimum Gasteiger partial charge on any atom is -0.271 e. The van der Waals surface area contributed by atoms with Crippen molar-refractivity contribution in [1.29, 1.82) is 0 Å². The molecule has 90 valence electrons. The van der Waals surface area contributed by atoms with E-state index in [1.807, 2.05) is 19.3 Å². The van der Waals surface area contributed by atoms with Crippen LogP contribution in [0.5, 0.6) is 0 Å². The molecule has 0 fully saturated rings. The molecule has 5 heteroatoms. The Hall–Kier alpha value is -0.750. The average molecular weight is 312 g/mol. The molecule has 2 heterocycles. The number of nitrogens with one attached hydrogen (secondary N) is 1. The monoisotopic (exact) mass is 311 g/mol. The molecule has 0 amide bonds. The lowest BCUT2D eigenvalue weighted by Crippen LogP contribution is -2.29. The Bertz CT molecular complexity index is 498. The fourth-order valence-corrected chi connectivity index (χ4v) is 3.26. The lowest BCUT2D eigenvalue weighted by Gasteiger charge is -2.15. The summed E-state index contributed by atoms with van der Waals surface area (Å²) in [5, 5.41) is 2.07. The van der Waals surface area contributed by atoms with Gasteiger partial charge in [-0.25, -0.2) is 0 Å². The Morgan fingerprint density at radius 1 is 1.53 bits per heavy atom. The van der Waals surface area contributed by atoms with Gasteiger partial charge in [-0.05, 0) is 45.4 Å². The van der Waals surface area contributed by atoms with Gasteiger partial charge < -0.3 is 0 Å².